The molecule has 4 aromatic rings. The molecule has 0 unspecified atom stereocenters. The minimum atomic E-state index is -0.340. The Kier molecular flexibility index (Phi) is 4.95. The van der Waals surface area contributed by atoms with Gasteiger partial charge in [-0.2, -0.15) is 0 Å². The first kappa shape index (κ1) is 18.3. The monoisotopic (exact) mass is 382 g/mol. The van der Waals surface area contributed by atoms with Crippen LogP contribution in [0.2, 0.25) is 0 Å². The van der Waals surface area contributed by atoms with Crippen LogP contribution in [0.25, 0.3) is 10.8 Å². The molecule has 0 radical (unpaired) electrons. The van der Waals surface area contributed by atoms with Crippen LogP contribution in [0.1, 0.15) is 20.7 Å². The van der Waals surface area contributed by atoms with Crippen molar-refractivity contribution in [2.75, 3.05) is 10.6 Å². The molecular weight excluding hydrogens is 364 g/mol. The molecule has 0 bridgehead atoms. The van der Waals surface area contributed by atoms with Gasteiger partial charge in [-0.05, 0) is 60.0 Å². The zero-order chi connectivity index (χ0) is 20.2. The summed E-state index contributed by atoms with van der Waals surface area (Å²) < 4.78 is 0. The van der Waals surface area contributed by atoms with Gasteiger partial charge in [0.1, 0.15) is 5.75 Å². The number of anilines is 2. The van der Waals surface area contributed by atoms with E-state index in [2.05, 4.69) is 10.6 Å². The third-order valence-corrected chi connectivity index (χ3v) is 4.52. The zero-order valence-electron chi connectivity index (χ0n) is 15.4. The van der Waals surface area contributed by atoms with E-state index in [-0.39, 0.29) is 17.6 Å². The number of carbonyl (C=O) groups excluding carboxylic acids is 2. The Balaban J connectivity index is 1.63. The Hall–Kier alpha value is -4.12. The van der Waals surface area contributed by atoms with E-state index in [1.165, 1.54) is 6.07 Å². The van der Waals surface area contributed by atoms with E-state index in [1.54, 1.807) is 48.5 Å². The average molecular weight is 382 g/mol. The van der Waals surface area contributed by atoms with Crippen LogP contribution in [0.15, 0.2) is 91.0 Å². The number of fused-ring (bicyclic) bond motifs is 1. The maximum absolute atomic E-state index is 12.6. The third-order valence-electron chi connectivity index (χ3n) is 4.52. The fraction of sp³-hybridized carbons (Fsp3) is 0. The molecule has 0 spiro atoms. The number of benzene rings is 4. The summed E-state index contributed by atoms with van der Waals surface area (Å²) in [4.78, 5) is 25.1. The normalized spacial score (nSPS) is 10.5. The van der Waals surface area contributed by atoms with Gasteiger partial charge in [0.25, 0.3) is 11.8 Å². The van der Waals surface area contributed by atoms with Crippen LogP contribution in [-0.2, 0) is 0 Å². The maximum atomic E-state index is 12.6. The highest BCUT2D eigenvalue weighted by molar-refractivity contribution is 6.10. The van der Waals surface area contributed by atoms with Crippen molar-refractivity contribution < 1.29 is 14.7 Å². The number of hydrogen-bond acceptors (Lipinski definition) is 3. The van der Waals surface area contributed by atoms with Crippen LogP contribution in [0.3, 0.4) is 0 Å². The van der Waals surface area contributed by atoms with Crippen LogP contribution < -0.4 is 10.6 Å². The molecule has 0 aliphatic rings. The van der Waals surface area contributed by atoms with Gasteiger partial charge < -0.3 is 15.7 Å². The van der Waals surface area contributed by atoms with Crippen molar-refractivity contribution in [2.24, 2.45) is 0 Å². The van der Waals surface area contributed by atoms with Crippen LogP contribution in [-0.4, -0.2) is 16.9 Å². The maximum Gasteiger partial charge on any atom is 0.255 e. The molecule has 3 N–H and O–H groups in total. The van der Waals surface area contributed by atoms with E-state index < -0.39 is 0 Å². The van der Waals surface area contributed by atoms with E-state index >= 15 is 0 Å². The number of aromatic hydroxyl groups is 1. The molecule has 2 amide bonds. The number of para-hydroxylation sites is 2. The highest BCUT2D eigenvalue weighted by Gasteiger charge is 2.13. The van der Waals surface area contributed by atoms with Gasteiger partial charge in [-0.3, -0.25) is 9.59 Å². The highest BCUT2D eigenvalue weighted by Crippen LogP contribution is 2.28. The van der Waals surface area contributed by atoms with Gasteiger partial charge in [-0.1, -0.05) is 36.4 Å². The van der Waals surface area contributed by atoms with E-state index in [0.717, 1.165) is 0 Å². The van der Waals surface area contributed by atoms with Crippen molar-refractivity contribution in [3.8, 4) is 5.75 Å². The van der Waals surface area contributed by atoms with E-state index in [0.29, 0.717) is 33.3 Å². The van der Waals surface area contributed by atoms with Crippen LogP contribution >= 0.6 is 0 Å². The lowest BCUT2D eigenvalue weighted by molar-refractivity contribution is 0.101. The van der Waals surface area contributed by atoms with Crippen LogP contribution in [0, 0.1) is 0 Å². The molecule has 5 nitrogen and oxygen atoms in total. The number of nitrogens with one attached hydrogen (secondary N) is 2. The van der Waals surface area contributed by atoms with E-state index in [9.17, 15) is 14.7 Å². The standard InChI is InChI=1S/C24H18N2O3/c27-22-15-18(24(29)26-20-9-5-2-6-10-20)14-17-13-16(11-12-21(17)22)23(28)25-19-7-3-1-4-8-19/h1-15,27H,(H,25,28)(H,26,29). The summed E-state index contributed by atoms with van der Waals surface area (Å²) >= 11 is 0. The molecule has 29 heavy (non-hydrogen) atoms. The molecule has 4 rings (SSSR count). The molecular formula is C24H18N2O3. The summed E-state index contributed by atoms with van der Waals surface area (Å²) in [5.41, 5.74) is 2.09. The molecule has 142 valence electrons. The molecule has 5 heteroatoms. The number of carbonyl (C=O) groups is 2. The molecule has 4 aromatic carbocycles. The SMILES string of the molecule is O=C(Nc1ccccc1)c1ccc2c(O)cc(C(=O)Nc3ccccc3)cc2c1. The molecule has 0 saturated heterocycles. The summed E-state index contributed by atoms with van der Waals surface area (Å²) in [5, 5.41) is 17.1. The first-order valence-corrected chi connectivity index (χ1v) is 9.10. The van der Waals surface area contributed by atoms with Crippen molar-refractivity contribution in [2.45, 2.75) is 0 Å². The molecule has 0 atom stereocenters. The largest absolute Gasteiger partial charge is 0.507 e. The number of phenolic OH excluding ortho intramolecular Hbond substituents is 1. The fourth-order valence-corrected chi connectivity index (χ4v) is 3.07. The number of hydrogen-bond donors (Lipinski definition) is 3. The molecule has 0 aliphatic heterocycles. The Bertz CT molecular complexity index is 1180. The van der Waals surface area contributed by atoms with Crippen molar-refractivity contribution in [1.82, 2.24) is 0 Å². The van der Waals surface area contributed by atoms with Crippen molar-refractivity contribution in [3.63, 3.8) is 0 Å². The summed E-state index contributed by atoms with van der Waals surface area (Å²) in [5.74, 6) is -0.625. The number of rotatable bonds is 4. The van der Waals surface area contributed by atoms with Gasteiger partial charge in [0.15, 0.2) is 0 Å². The van der Waals surface area contributed by atoms with E-state index in [1.807, 2.05) is 36.4 Å². The van der Waals surface area contributed by atoms with E-state index in [4.69, 9.17) is 0 Å². The molecule has 0 aromatic heterocycles. The summed E-state index contributed by atoms with van der Waals surface area (Å²) in [6.45, 7) is 0. The Morgan fingerprint density at radius 2 is 1.14 bits per heavy atom. The predicted molar refractivity (Wildman–Crippen MR) is 114 cm³/mol. The van der Waals surface area contributed by atoms with Gasteiger partial charge in [0.2, 0.25) is 0 Å². The summed E-state index contributed by atoms with van der Waals surface area (Å²) in [6.07, 6.45) is 0. The first-order chi connectivity index (χ1) is 14.1. The summed E-state index contributed by atoms with van der Waals surface area (Å²) in [7, 11) is 0. The third kappa shape index (κ3) is 4.09. The molecule has 0 fully saturated rings. The van der Waals surface area contributed by atoms with Crippen molar-refractivity contribution in [1.29, 1.82) is 0 Å². The molecule has 0 heterocycles. The minimum Gasteiger partial charge on any atom is -0.507 e. The quantitative estimate of drug-likeness (QED) is 0.462. The Morgan fingerprint density at radius 1 is 0.621 bits per heavy atom. The lowest BCUT2D eigenvalue weighted by atomic mass is 10.0. The highest BCUT2D eigenvalue weighted by atomic mass is 16.3. The van der Waals surface area contributed by atoms with Gasteiger partial charge in [0.05, 0.1) is 0 Å². The average Bonchev–Trinajstić information content (AvgIpc) is 2.74. The van der Waals surface area contributed by atoms with Crippen LogP contribution in [0.4, 0.5) is 11.4 Å². The number of amides is 2. The summed E-state index contributed by atoms with van der Waals surface area (Å²) in [6, 6.07) is 26.3. The Morgan fingerprint density at radius 3 is 1.72 bits per heavy atom. The molecule has 0 saturated carbocycles. The number of phenols is 1. The van der Waals surface area contributed by atoms with Gasteiger partial charge in [-0.25, -0.2) is 0 Å². The predicted octanol–water partition coefficient (Wildman–Crippen LogP) is 5.05. The van der Waals surface area contributed by atoms with Gasteiger partial charge in [0, 0.05) is 27.9 Å². The second kappa shape index (κ2) is 7.86. The Labute approximate surface area is 167 Å². The first-order valence-electron chi connectivity index (χ1n) is 9.10. The van der Waals surface area contributed by atoms with Crippen molar-refractivity contribution >= 4 is 34.0 Å². The van der Waals surface area contributed by atoms with Gasteiger partial charge in [-0.15, -0.1) is 0 Å². The van der Waals surface area contributed by atoms with Crippen LogP contribution in [0.5, 0.6) is 5.75 Å². The minimum absolute atomic E-state index is 0.0178. The smallest absolute Gasteiger partial charge is 0.255 e. The topological polar surface area (TPSA) is 78.4 Å². The zero-order valence-corrected chi connectivity index (χ0v) is 15.4. The fourth-order valence-electron chi connectivity index (χ4n) is 3.07. The lowest BCUT2D eigenvalue weighted by Gasteiger charge is -2.10. The lowest BCUT2D eigenvalue weighted by Crippen LogP contribution is -2.12. The van der Waals surface area contributed by atoms with Crippen molar-refractivity contribution in [3.05, 3.63) is 102 Å². The second-order valence-electron chi connectivity index (χ2n) is 6.57. The van der Waals surface area contributed by atoms with Gasteiger partial charge >= 0.3 is 0 Å². The second-order valence-corrected chi connectivity index (χ2v) is 6.57. The molecule has 0 aliphatic carbocycles.